The predicted octanol–water partition coefficient (Wildman–Crippen LogP) is 6.17. The molecule has 3 aromatic heterocycles. The van der Waals surface area contributed by atoms with Gasteiger partial charge in [-0.15, -0.1) is 27.8 Å². The molecular weight excluding hydrogens is 1240 g/mol. The lowest BCUT2D eigenvalue weighted by Crippen LogP contribution is -2.52. The average Bonchev–Trinajstić information content (AvgIpc) is 1.70. The number of esters is 1. The largest absolute Gasteiger partial charge is 0.491 e. The number of piperidine rings is 1. The van der Waals surface area contributed by atoms with Crippen molar-refractivity contribution < 1.29 is 66.4 Å². The molecular formula is C66H70FN11O13S2. The van der Waals surface area contributed by atoms with Crippen molar-refractivity contribution in [1.29, 1.82) is 0 Å². The van der Waals surface area contributed by atoms with Gasteiger partial charge < -0.3 is 48.4 Å². The van der Waals surface area contributed by atoms with E-state index in [0.717, 1.165) is 26.4 Å². The monoisotopic (exact) mass is 1310 g/mol. The zero-order chi connectivity index (χ0) is 64.6. The van der Waals surface area contributed by atoms with E-state index in [-0.39, 0.29) is 107 Å². The number of methoxy groups -OCH3 is 1. The number of rotatable bonds is 29. The number of fused-ring (bicyclic) bond motifs is 3. The number of benzene rings is 4. The predicted molar refractivity (Wildman–Crippen MR) is 340 cm³/mol. The van der Waals surface area contributed by atoms with Gasteiger partial charge in [0.25, 0.3) is 5.91 Å². The molecule has 0 radical (unpaired) electrons. The molecule has 486 valence electrons. The Bertz CT molecular complexity index is 3920. The third kappa shape index (κ3) is 17.0. The van der Waals surface area contributed by atoms with Gasteiger partial charge >= 0.3 is 5.97 Å². The highest BCUT2D eigenvalue weighted by atomic mass is 32.1. The number of hydrogen-bond acceptors (Lipinski definition) is 21. The number of carbonyl (C=O) groups is 7. The number of para-hydroxylation sites is 1. The highest BCUT2D eigenvalue weighted by molar-refractivity contribution is 7.18. The zero-order valence-electron chi connectivity index (χ0n) is 51.4. The Morgan fingerprint density at radius 3 is 2.49 bits per heavy atom. The number of anilines is 2. The average molecular weight is 1310 g/mol. The van der Waals surface area contributed by atoms with E-state index >= 15 is 4.39 Å². The molecule has 24 nitrogen and oxygen atoms in total. The van der Waals surface area contributed by atoms with Gasteiger partial charge in [-0.3, -0.25) is 43.7 Å². The lowest BCUT2D eigenvalue weighted by molar-refractivity contribution is -0.137. The second-order valence-electron chi connectivity index (χ2n) is 22.5. The topological polar surface area (TPSA) is 268 Å². The van der Waals surface area contributed by atoms with Gasteiger partial charge in [0.2, 0.25) is 23.6 Å². The van der Waals surface area contributed by atoms with Crippen LogP contribution in [0.2, 0.25) is 0 Å². The van der Waals surface area contributed by atoms with Gasteiger partial charge in [0.05, 0.1) is 69.0 Å². The lowest BCUT2D eigenvalue weighted by atomic mass is 9.92. The number of carbonyl (C=O) groups excluding carboxylic acids is 7. The summed E-state index contributed by atoms with van der Waals surface area (Å²) >= 11 is 2.91. The summed E-state index contributed by atoms with van der Waals surface area (Å²) in [4.78, 5) is 108. The highest BCUT2D eigenvalue weighted by Gasteiger charge is 2.40. The number of piperazine rings is 1. The summed E-state index contributed by atoms with van der Waals surface area (Å²) in [5.41, 5.74) is 6.36. The number of ketones is 1. The second-order valence-corrected chi connectivity index (χ2v) is 24.7. The maximum absolute atomic E-state index is 15.4. The van der Waals surface area contributed by atoms with E-state index in [4.69, 9.17) is 33.4 Å². The van der Waals surface area contributed by atoms with Crippen molar-refractivity contribution in [1.82, 2.24) is 45.0 Å². The van der Waals surface area contributed by atoms with Crippen molar-refractivity contribution in [3.05, 3.63) is 146 Å². The number of thiazole rings is 2. The van der Waals surface area contributed by atoms with Crippen molar-refractivity contribution in [3.8, 4) is 17.6 Å². The van der Waals surface area contributed by atoms with Crippen molar-refractivity contribution in [2.24, 2.45) is 0 Å². The number of halogens is 1. The Morgan fingerprint density at radius 2 is 1.67 bits per heavy atom. The van der Waals surface area contributed by atoms with Crippen molar-refractivity contribution in [2.45, 2.75) is 83.6 Å². The van der Waals surface area contributed by atoms with E-state index in [1.54, 1.807) is 41.2 Å². The van der Waals surface area contributed by atoms with Crippen LogP contribution in [0.25, 0.3) is 10.2 Å². The van der Waals surface area contributed by atoms with Gasteiger partial charge in [-0.05, 0) is 85.7 Å². The van der Waals surface area contributed by atoms with Crippen LogP contribution in [-0.2, 0) is 88.4 Å². The van der Waals surface area contributed by atoms with E-state index < -0.39 is 29.6 Å². The molecule has 93 heavy (non-hydrogen) atoms. The molecule has 4 aliphatic heterocycles. The Balaban J connectivity index is 0.538. The van der Waals surface area contributed by atoms with Gasteiger partial charge in [-0.2, -0.15) is 0 Å². The number of Topliss-reactive ketones (excluding diaryl/α,β-unsaturated/α-hetero) is 1. The van der Waals surface area contributed by atoms with Gasteiger partial charge in [0, 0.05) is 105 Å². The zero-order valence-corrected chi connectivity index (χ0v) is 53.0. The molecule has 5 amide bonds. The standard InChI is InChI=1S/C66H70FN11O13S2/c1-86-42-91-65(85)62-57(93-66(71-62)76-25-22-44-10-4-11-46(48(44)38-76)54(79)36-60-69-52-13-2-3-15-56(52)92-60)16-8-30-90-55-20-18-43(35-50(55)67)9-6-23-74-26-28-75(29-27-74)61(82)17-7-24-77-37-45(72-73-77)40-88-33-31-87-32-34-89-41-59(81)68-51-14-5-12-47-49(51)39-78(64(47)84)53-19-21-58(80)70-63(53)83/h2-5,10-15,18,20,35,37,53H,7-8,16-17,19,21-34,36,38-42H2,1H3,(H,68,81)(H,70,80,83). The number of nitrogens with zero attached hydrogens (tertiary/aromatic N) is 9. The highest BCUT2D eigenvalue weighted by Crippen LogP contribution is 2.35. The SMILES string of the molecule is COCOC(=O)c1nc(N2CCc3cccc(C(=O)Cc4nc5ccccc5s4)c3C2)sc1CCCOc1ccc(C#CCN2CCN(C(=O)CCCn3cc(COCCOCCOCC(=O)Nc4cccc5c4CN(C4CCC(=O)NC4=O)C5=O)nn3)CC2)cc1F. The molecule has 0 aliphatic carbocycles. The summed E-state index contributed by atoms with van der Waals surface area (Å²) in [6.07, 6.45) is 4.90. The quantitative estimate of drug-likeness (QED) is 0.0133. The number of aryl methyl sites for hydroxylation is 2. The number of imide groups is 1. The van der Waals surface area contributed by atoms with Crippen molar-refractivity contribution in [3.63, 3.8) is 0 Å². The number of nitrogens with one attached hydrogen (secondary N) is 2. The molecule has 0 bridgehead atoms. The van der Waals surface area contributed by atoms with E-state index in [1.165, 1.54) is 40.7 Å². The number of aromatic nitrogens is 5. The molecule has 2 saturated heterocycles. The van der Waals surface area contributed by atoms with Crippen LogP contribution in [0.1, 0.15) is 101 Å². The van der Waals surface area contributed by atoms with Gasteiger partial charge in [-0.1, -0.05) is 53.5 Å². The summed E-state index contributed by atoms with van der Waals surface area (Å²) in [5.74, 6) is 3.59. The maximum atomic E-state index is 15.4. The fourth-order valence-electron chi connectivity index (χ4n) is 11.4. The van der Waals surface area contributed by atoms with E-state index in [1.807, 2.05) is 41.3 Å². The van der Waals surface area contributed by atoms with E-state index in [2.05, 4.69) is 53.6 Å². The fourth-order valence-corrected chi connectivity index (χ4v) is 13.5. The van der Waals surface area contributed by atoms with Crippen LogP contribution in [0.3, 0.4) is 0 Å². The smallest absolute Gasteiger partial charge is 0.360 e. The summed E-state index contributed by atoms with van der Waals surface area (Å²) in [7, 11) is 1.43. The minimum Gasteiger partial charge on any atom is -0.491 e. The van der Waals surface area contributed by atoms with Gasteiger partial charge in [0.1, 0.15) is 23.4 Å². The normalized spacial score (nSPS) is 15.6. The summed E-state index contributed by atoms with van der Waals surface area (Å²) < 4.78 is 51.0. The first-order valence-corrected chi connectivity index (χ1v) is 32.5. The van der Waals surface area contributed by atoms with E-state index in [9.17, 15) is 33.6 Å². The lowest BCUT2D eigenvalue weighted by Gasteiger charge is -2.33. The first-order chi connectivity index (χ1) is 45.3. The van der Waals surface area contributed by atoms with Crippen LogP contribution < -0.4 is 20.3 Å². The number of hydrogen-bond donors (Lipinski definition) is 2. The number of amides is 5. The Labute approximate surface area is 543 Å². The Hall–Kier alpha value is -8.88. The molecule has 0 saturated carbocycles. The second kappa shape index (κ2) is 31.6. The van der Waals surface area contributed by atoms with Crippen molar-refractivity contribution in [2.75, 3.05) is 103 Å². The van der Waals surface area contributed by atoms with Crippen LogP contribution >= 0.6 is 22.7 Å². The maximum Gasteiger partial charge on any atom is 0.360 e. The third-order valence-corrected chi connectivity index (χ3v) is 18.3. The fraction of sp³-hybridized carbons (Fsp3) is 0.409. The number of ether oxygens (including phenoxy) is 6. The molecule has 2 fully saturated rings. The molecule has 4 aromatic carbocycles. The molecule has 7 aromatic rings. The summed E-state index contributed by atoms with van der Waals surface area (Å²) in [6.45, 7) is 5.58. The van der Waals surface area contributed by atoms with Crippen molar-refractivity contribution >= 4 is 85.0 Å². The Kier molecular flexibility index (Phi) is 22.3. The molecule has 2 N–H and O–H groups in total. The molecule has 1 unspecified atom stereocenters. The van der Waals surface area contributed by atoms with Crippen LogP contribution in [-0.4, -0.2) is 180 Å². The summed E-state index contributed by atoms with van der Waals surface area (Å²) in [6, 6.07) is 22.6. The van der Waals surface area contributed by atoms with Gasteiger partial charge in [-0.25, -0.2) is 19.2 Å². The molecule has 11 rings (SSSR count). The van der Waals surface area contributed by atoms with Crippen LogP contribution in [0.5, 0.6) is 5.75 Å². The third-order valence-electron chi connectivity index (χ3n) is 16.1. The van der Waals surface area contributed by atoms with Crippen LogP contribution in [0, 0.1) is 17.7 Å². The molecule has 7 heterocycles. The van der Waals surface area contributed by atoms with Gasteiger partial charge in [0.15, 0.2) is 35.0 Å². The van der Waals surface area contributed by atoms with Crippen LogP contribution in [0.4, 0.5) is 15.2 Å². The van der Waals surface area contributed by atoms with Crippen LogP contribution in [0.15, 0.2) is 85.1 Å². The molecule has 4 aliphatic rings. The molecule has 1 atom stereocenters. The van der Waals surface area contributed by atoms with E-state index in [0.29, 0.717) is 135 Å². The first-order valence-electron chi connectivity index (χ1n) is 30.8. The minimum atomic E-state index is -0.758. The minimum absolute atomic E-state index is 0.00145. The molecule has 27 heteroatoms. The summed E-state index contributed by atoms with van der Waals surface area (Å²) in [5, 5.41) is 14.8. The first kappa shape index (κ1) is 65.6. The molecule has 0 spiro atoms. The Morgan fingerprint density at radius 1 is 0.839 bits per heavy atom.